The van der Waals surface area contributed by atoms with Gasteiger partial charge < -0.3 is 15.1 Å². The third kappa shape index (κ3) is 7.85. The average Bonchev–Trinajstić information content (AvgIpc) is 2.71. The highest BCUT2D eigenvalue weighted by Crippen LogP contribution is 2.35. The van der Waals surface area contributed by atoms with Crippen molar-refractivity contribution in [3.8, 4) is 0 Å². The van der Waals surface area contributed by atoms with E-state index in [1.165, 1.54) is 28.4 Å². The van der Waals surface area contributed by atoms with Crippen LogP contribution in [0.3, 0.4) is 0 Å². The topological polar surface area (TPSA) is 77.8 Å². The summed E-state index contributed by atoms with van der Waals surface area (Å²) in [6, 6.07) is 9.44. The van der Waals surface area contributed by atoms with E-state index in [1.54, 1.807) is 0 Å². The molecule has 1 aromatic rings. The Kier molecular flexibility index (Phi) is 13.9. The van der Waals surface area contributed by atoms with Crippen molar-refractivity contribution < 1.29 is 19.8 Å². The van der Waals surface area contributed by atoms with E-state index in [0.29, 0.717) is 18.1 Å². The van der Waals surface area contributed by atoms with Crippen LogP contribution in [0.5, 0.6) is 0 Å². The summed E-state index contributed by atoms with van der Waals surface area (Å²) in [5.74, 6) is -0.000477. The molecule has 1 amide bonds. The Morgan fingerprint density at radius 2 is 1.54 bits per heavy atom. The zero-order chi connectivity index (χ0) is 19.9. The number of hydrogen-bond acceptors (Lipinski definition) is 5. The molecule has 2 rings (SSSR count). The number of thioether (sulfide) groups is 2. The SMILES string of the molecule is CC.CC.O=C(O)C1=C(C(=O)N(CCO)Cc2ccccc2)SCCS1. The van der Waals surface area contributed by atoms with Crippen LogP contribution in [0.4, 0.5) is 0 Å². The molecule has 0 fully saturated rings. The molecule has 0 unspecified atom stereocenters. The maximum Gasteiger partial charge on any atom is 0.343 e. The summed E-state index contributed by atoms with van der Waals surface area (Å²) >= 11 is 2.48. The molecule has 1 heterocycles. The minimum absolute atomic E-state index is 0.109. The fourth-order valence-corrected chi connectivity index (χ4v) is 4.30. The van der Waals surface area contributed by atoms with E-state index in [2.05, 4.69) is 0 Å². The van der Waals surface area contributed by atoms with Gasteiger partial charge in [0.1, 0.15) is 4.91 Å². The molecule has 1 aliphatic rings. The molecule has 146 valence electrons. The van der Waals surface area contributed by atoms with E-state index >= 15 is 0 Å². The van der Waals surface area contributed by atoms with Gasteiger partial charge in [-0.15, -0.1) is 23.5 Å². The van der Waals surface area contributed by atoms with Gasteiger partial charge in [-0.3, -0.25) is 4.79 Å². The van der Waals surface area contributed by atoms with Crippen LogP contribution in [0.2, 0.25) is 0 Å². The van der Waals surface area contributed by atoms with Crippen molar-refractivity contribution in [2.75, 3.05) is 24.7 Å². The van der Waals surface area contributed by atoms with Gasteiger partial charge in [-0.1, -0.05) is 58.0 Å². The summed E-state index contributed by atoms with van der Waals surface area (Å²) in [5, 5.41) is 18.4. The molecule has 2 N–H and O–H groups in total. The molecule has 0 radical (unpaired) electrons. The summed E-state index contributed by atoms with van der Waals surface area (Å²) in [7, 11) is 0. The molecule has 0 bridgehead atoms. The Balaban J connectivity index is 0.00000146. The molecular formula is C19H29NO4S2. The first-order valence-electron chi connectivity index (χ1n) is 8.80. The molecule has 0 atom stereocenters. The number of aliphatic hydroxyl groups excluding tert-OH is 1. The number of carbonyl (C=O) groups excluding carboxylic acids is 1. The number of carboxylic acid groups (broad SMARTS) is 1. The quantitative estimate of drug-likeness (QED) is 0.757. The smallest absolute Gasteiger partial charge is 0.343 e. The predicted molar refractivity (Wildman–Crippen MR) is 111 cm³/mol. The fourth-order valence-electron chi connectivity index (χ4n) is 2.06. The number of benzene rings is 1. The molecule has 7 heteroatoms. The van der Waals surface area contributed by atoms with Crippen LogP contribution in [0.25, 0.3) is 0 Å². The highest BCUT2D eigenvalue weighted by molar-refractivity contribution is 8.11. The Hall–Kier alpha value is -1.44. The number of aliphatic hydroxyl groups is 1. The van der Waals surface area contributed by atoms with Crippen LogP contribution in [0.1, 0.15) is 33.3 Å². The molecule has 0 saturated carbocycles. The molecule has 0 aliphatic carbocycles. The zero-order valence-corrected chi connectivity index (χ0v) is 17.5. The fraction of sp³-hybridized carbons (Fsp3) is 0.474. The summed E-state index contributed by atoms with van der Waals surface area (Å²) in [4.78, 5) is 25.8. The first kappa shape index (κ1) is 24.6. The normalized spacial score (nSPS) is 13.0. The first-order chi connectivity index (χ1) is 12.6. The largest absolute Gasteiger partial charge is 0.477 e. The van der Waals surface area contributed by atoms with E-state index in [0.717, 1.165) is 5.56 Å². The van der Waals surface area contributed by atoms with Gasteiger partial charge in [0.15, 0.2) is 0 Å². The van der Waals surface area contributed by atoms with Crippen LogP contribution in [-0.2, 0) is 16.1 Å². The summed E-state index contributed by atoms with van der Waals surface area (Å²) in [5.41, 5.74) is 0.940. The van der Waals surface area contributed by atoms with Gasteiger partial charge >= 0.3 is 5.97 Å². The van der Waals surface area contributed by atoms with Crippen molar-refractivity contribution in [1.82, 2.24) is 4.90 Å². The number of rotatable bonds is 6. The Morgan fingerprint density at radius 1 is 1.00 bits per heavy atom. The number of amides is 1. The summed E-state index contributed by atoms with van der Waals surface area (Å²) in [6.07, 6.45) is 0. The number of carbonyl (C=O) groups is 2. The predicted octanol–water partition coefficient (Wildman–Crippen LogP) is 3.84. The van der Waals surface area contributed by atoms with Crippen LogP contribution in [0, 0.1) is 0 Å². The lowest BCUT2D eigenvalue weighted by Crippen LogP contribution is -2.35. The van der Waals surface area contributed by atoms with Gasteiger partial charge in [0.2, 0.25) is 0 Å². The van der Waals surface area contributed by atoms with Gasteiger partial charge in [0, 0.05) is 24.6 Å². The average molecular weight is 400 g/mol. The Bertz CT molecular complexity index is 576. The molecular weight excluding hydrogens is 370 g/mol. The highest BCUT2D eigenvalue weighted by atomic mass is 32.2. The van der Waals surface area contributed by atoms with Crippen LogP contribution < -0.4 is 0 Å². The van der Waals surface area contributed by atoms with Gasteiger partial charge in [-0.25, -0.2) is 4.79 Å². The molecule has 1 aromatic carbocycles. The van der Waals surface area contributed by atoms with E-state index in [-0.39, 0.29) is 28.9 Å². The van der Waals surface area contributed by atoms with Gasteiger partial charge in [0.05, 0.1) is 11.5 Å². The van der Waals surface area contributed by atoms with Crippen molar-refractivity contribution >= 4 is 35.4 Å². The Morgan fingerprint density at radius 3 is 2.04 bits per heavy atom. The van der Waals surface area contributed by atoms with Gasteiger partial charge in [-0.2, -0.15) is 0 Å². The van der Waals surface area contributed by atoms with Crippen molar-refractivity contribution in [1.29, 1.82) is 0 Å². The maximum atomic E-state index is 12.7. The molecule has 26 heavy (non-hydrogen) atoms. The zero-order valence-electron chi connectivity index (χ0n) is 15.9. The lowest BCUT2D eigenvalue weighted by molar-refractivity contribution is -0.133. The van der Waals surface area contributed by atoms with Crippen molar-refractivity contribution in [2.45, 2.75) is 34.2 Å². The highest BCUT2D eigenvalue weighted by Gasteiger charge is 2.28. The minimum atomic E-state index is -1.07. The second kappa shape index (κ2) is 14.7. The van der Waals surface area contributed by atoms with Crippen LogP contribution >= 0.6 is 23.5 Å². The Labute approximate surface area is 164 Å². The third-order valence-corrected chi connectivity index (χ3v) is 5.58. The molecule has 0 aromatic heterocycles. The van der Waals surface area contributed by atoms with Crippen molar-refractivity contribution in [3.05, 3.63) is 45.7 Å². The van der Waals surface area contributed by atoms with Crippen LogP contribution in [-0.4, -0.2) is 51.6 Å². The molecule has 0 spiro atoms. The number of hydrogen-bond donors (Lipinski definition) is 2. The minimum Gasteiger partial charge on any atom is -0.477 e. The van der Waals surface area contributed by atoms with Crippen molar-refractivity contribution in [2.24, 2.45) is 0 Å². The van der Waals surface area contributed by atoms with E-state index in [4.69, 9.17) is 0 Å². The van der Waals surface area contributed by atoms with Crippen molar-refractivity contribution in [3.63, 3.8) is 0 Å². The lowest BCUT2D eigenvalue weighted by Gasteiger charge is -2.25. The standard InChI is InChI=1S/C15H17NO4S2.2C2H6/c17-7-6-16(10-11-4-2-1-3-5-11)14(18)12-13(15(19)20)22-9-8-21-12;2*1-2/h1-5,17H,6-10H2,(H,19,20);2*1-2H3. The molecule has 5 nitrogen and oxygen atoms in total. The lowest BCUT2D eigenvalue weighted by atomic mass is 10.2. The number of nitrogens with zero attached hydrogens (tertiary/aromatic N) is 1. The van der Waals surface area contributed by atoms with E-state index < -0.39 is 5.97 Å². The third-order valence-electron chi connectivity index (χ3n) is 3.04. The number of carboxylic acids is 1. The number of aliphatic carboxylic acids is 1. The van der Waals surface area contributed by atoms with Gasteiger partial charge in [0.25, 0.3) is 5.91 Å². The van der Waals surface area contributed by atoms with Crippen LogP contribution in [0.15, 0.2) is 40.1 Å². The first-order valence-corrected chi connectivity index (χ1v) is 10.8. The summed E-state index contributed by atoms with van der Waals surface area (Å²) < 4.78 is 0. The second-order valence-electron chi connectivity index (χ2n) is 4.60. The summed E-state index contributed by atoms with van der Waals surface area (Å²) in [6.45, 7) is 8.36. The molecule has 0 saturated heterocycles. The second-order valence-corrected chi connectivity index (χ2v) is 6.81. The van der Waals surface area contributed by atoms with E-state index in [1.807, 2.05) is 58.0 Å². The van der Waals surface area contributed by atoms with E-state index in [9.17, 15) is 19.8 Å². The molecule has 1 aliphatic heterocycles. The maximum absolute atomic E-state index is 12.7. The van der Waals surface area contributed by atoms with Gasteiger partial charge in [-0.05, 0) is 5.56 Å². The monoisotopic (exact) mass is 399 g/mol.